The number of hydrogen-bond donors (Lipinski definition) is 0. The second kappa shape index (κ2) is 13.2. The number of carbonyl (C=O) groups excluding carboxylic acids is 1. The van der Waals surface area contributed by atoms with Crippen LogP contribution in [0.4, 0.5) is 0 Å². The van der Waals surface area contributed by atoms with Crippen molar-refractivity contribution in [3.63, 3.8) is 0 Å². The fourth-order valence-corrected chi connectivity index (χ4v) is 5.92. The average molecular weight is 551 g/mol. The van der Waals surface area contributed by atoms with Gasteiger partial charge >= 0.3 is 0 Å². The van der Waals surface area contributed by atoms with Crippen LogP contribution in [0.5, 0.6) is 11.5 Å². The summed E-state index contributed by atoms with van der Waals surface area (Å²) in [6.45, 7) is 4.85. The summed E-state index contributed by atoms with van der Waals surface area (Å²) in [6.07, 6.45) is 7.45. The number of likely N-dealkylation sites (N-methyl/N-ethyl adjacent to an activating group) is 1. The SMILES string of the molecule is CCCCCCCOc1ccc(/C=C2\SC(=NS(=O)(=O)c3ccc(Cl)cc3)N(CC)C2=O)cc1OC. The molecule has 1 saturated heterocycles. The minimum atomic E-state index is -4.01. The van der Waals surface area contributed by atoms with Gasteiger partial charge in [-0.3, -0.25) is 9.69 Å². The van der Waals surface area contributed by atoms with Crippen molar-refractivity contribution in [1.82, 2.24) is 4.90 Å². The molecule has 1 aliphatic rings. The van der Waals surface area contributed by atoms with E-state index < -0.39 is 10.0 Å². The number of methoxy groups -OCH3 is 1. The number of unbranched alkanes of at least 4 members (excludes halogenated alkanes) is 4. The minimum Gasteiger partial charge on any atom is -0.493 e. The number of halogens is 1. The maximum absolute atomic E-state index is 13.0. The van der Waals surface area contributed by atoms with Gasteiger partial charge < -0.3 is 9.47 Å². The van der Waals surface area contributed by atoms with E-state index in [-0.39, 0.29) is 22.5 Å². The van der Waals surface area contributed by atoms with E-state index in [1.165, 1.54) is 48.4 Å². The van der Waals surface area contributed by atoms with Gasteiger partial charge in [0.15, 0.2) is 16.7 Å². The molecule has 0 aromatic heterocycles. The van der Waals surface area contributed by atoms with Crippen LogP contribution >= 0.6 is 23.4 Å². The fraction of sp³-hybridized carbons (Fsp3) is 0.385. The van der Waals surface area contributed by atoms with Crippen molar-refractivity contribution in [2.24, 2.45) is 4.40 Å². The van der Waals surface area contributed by atoms with Gasteiger partial charge in [-0.15, -0.1) is 4.40 Å². The zero-order chi connectivity index (χ0) is 26.1. The Morgan fingerprint density at radius 3 is 2.42 bits per heavy atom. The van der Waals surface area contributed by atoms with Crippen LogP contribution in [0.3, 0.4) is 0 Å². The van der Waals surface area contributed by atoms with E-state index in [1.807, 2.05) is 12.1 Å². The Kier molecular flexibility index (Phi) is 10.3. The first-order chi connectivity index (χ1) is 17.3. The third kappa shape index (κ3) is 7.27. The molecule has 2 aromatic rings. The molecule has 0 bridgehead atoms. The van der Waals surface area contributed by atoms with Crippen molar-refractivity contribution in [1.29, 1.82) is 0 Å². The molecule has 3 rings (SSSR count). The highest BCUT2D eigenvalue weighted by Crippen LogP contribution is 2.35. The first-order valence-electron chi connectivity index (χ1n) is 11.9. The Labute approximate surface area is 222 Å². The van der Waals surface area contributed by atoms with E-state index in [9.17, 15) is 13.2 Å². The Morgan fingerprint density at radius 2 is 1.75 bits per heavy atom. The molecule has 7 nitrogen and oxygen atoms in total. The molecule has 36 heavy (non-hydrogen) atoms. The summed E-state index contributed by atoms with van der Waals surface area (Å²) in [7, 11) is -2.43. The Balaban J connectivity index is 1.77. The number of rotatable bonds is 12. The smallest absolute Gasteiger partial charge is 0.284 e. The number of carbonyl (C=O) groups is 1. The molecule has 10 heteroatoms. The van der Waals surface area contributed by atoms with Gasteiger partial charge in [0.1, 0.15) is 0 Å². The number of sulfonamides is 1. The summed E-state index contributed by atoms with van der Waals surface area (Å²) in [4.78, 5) is 14.7. The van der Waals surface area contributed by atoms with Gasteiger partial charge in [0.25, 0.3) is 15.9 Å². The van der Waals surface area contributed by atoms with Crippen LogP contribution in [-0.2, 0) is 14.8 Å². The highest BCUT2D eigenvalue weighted by Gasteiger charge is 2.34. The quantitative estimate of drug-likeness (QED) is 0.225. The maximum atomic E-state index is 13.0. The highest BCUT2D eigenvalue weighted by atomic mass is 35.5. The molecule has 1 fully saturated rings. The highest BCUT2D eigenvalue weighted by molar-refractivity contribution is 8.19. The van der Waals surface area contributed by atoms with E-state index in [4.69, 9.17) is 21.1 Å². The molecule has 0 atom stereocenters. The Hall–Kier alpha value is -2.49. The van der Waals surface area contributed by atoms with E-state index in [1.54, 1.807) is 26.2 Å². The lowest BCUT2D eigenvalue weighted by Crippen LogP contribution is -2.29. The number of amides is 1. The topological polar surface area (TPSA) is 85.3 Å². The molecular formula is C26H31ClN2O5S2. The molecule has 2 aromatic carbocycles. The maximum Gasteiger partial charge on any atom is 0.284 e. The van der Waals surface area contributed by atoms with E-state index in [0.717, 1.165) is 30.2 Å². The van der Waals surface area contributed by atoms with Gasteiger partial charge in [0, 0.05) is 11.6 Å². The number of nitrogens with zero attached hydrogens (tertiary/aromatic N) is 2. The monoisotopic (exact) mass is 550 g/mol. The standard InChI is InChI=1S/C26H31ClN2O5S2/c1-4-6-7-8-9-16-34-22-15-10-19(17-23(22)33-3)18-24-25(30)29(5-2)26(35-24)28-36(31,32)21-13-11-20(27)12-14-21/h10-15,17-18H,4-9,16H2,1-3H3/b24-18-,28-26?. The summed E-state index contributed by atoms with van der Waals surface area (Å²) in [6, 6.07) is 11.2. The van der Waals surface area contributed by atoms with Crippen molar-refractivity contribution in [2.75, 3.05) is 20.3 Å². The van der Waals surface area contributed by atoms with Crippen LogP contribution in [0.2, 0.25) is 5.02 Å². The van der Waals surface area contributed by atoms with Gasteiger partial charge in [0.05, 0.1) is 23.5 Å². The van der Waals surface area contributed by atoms with Gasteiger partial charge in [-0.05, 0) is 73.1 Å². The largest absolute Gasteiger partial charge is 0.493 e. The number of amidine groups is 1. The van der Waals surface area contributed by atoms with Crippen LogP contribution in [0.25, 0.3) is 6.08 Å². The molecule has 1 heterocycles. The van der Waals surface area contributed by atoms with Crippen LogP contribution in [0.1, 0.15) is 51.5 Å². The van der Waals surface area contributed by atoms with Crippen molar-refractivity contribution in [3.05, 3.63) is 58.0 Å². The lowest BCUT2D eigenvalue weighted by Gasteiger charge is -2.12. The van der Waals surface area contributed by atoms with Gasteiger partial charge in [-0.2, -0.15) is 8.42 Å². The molecule has 0 radical (unpaired) electrons. The predicted octanol–water partition coefficient (Wildman–Crippen LogP) is 6.38. The van der Waals surface area contributed by atoms with Crippen molar-refractivity contribution < 1.29 is 22.7 Å². The molecule has 1 amide bonds. The minimum absolute atomic E-state index is 0.00613. The summed E-state index contributed by atoms with van der Waals surface area (Å²) in [5.74, 6) is 0.908. The number of benzene rings is 2. The molecule has 0 spiro atoms. The second-order valence-electron chi connectivity index (χ2n) is 8.14. The summed E-state index contributed by atoms with van der Waals surface area (Å²) in [5.41, 5.74) is 0.732. The predicted molar refractivity (Wildman–Crippen MR) is 146 cm³/mol. The molecule has 0 aliphatic carbocycles. The number of thioether (sulfide) groups is 1. The normalized spacial score (nSPS) is 16.2. The summed E-state index contributed by atoms with van der Waals surface area (Å²) in [5, 5.41) is 0.532. The van der Waals surface area contributed by atoms with Crippen molar-refractivity contribution >= 4 is 50.5 Å². The Morgan fingerprint density at radius 1 is 1.03 bits per heavy atom. The van der Waals surface area contributed by atoms with Crippen LogP contribution in [0.15, 0.2) is 56.7 Å². The molecule has 194 valence electrons. The molecule has 0 N–H and O–H groups in total. The van der Waals surface area contributed by atoms with E-state index >= 15 is 0 Å². The zero-order valence-corrected chi connectivity index (χ0v) is 23.1. The zero-order valence-electron chi connectivity index (χ0n) is 20.7. The van der Waals surface area contributed by atoms with E-state index in [2.05, 4.69) is 11.3 Å². The van der Waals surface area contributed by atoms with E-state index in [0.29, 0.717) is 28.0 Å². The Bertz CT molecular complexity index is 1230. The lowest BCUT2D eigenvalue weighted by atomic mass is 10.1. The third-order valence-electron chi connectivity index (χ3n) is 5.50. The molecule has 1 aliphatic heterocycles. The van der Waals surface area contributed by atoms with Crippen LogP contribution in [0, 0.1) is 0 Å². The first kappa shape index (κ1) is 28.1. The molecule has 0 saturated carbocycles. The fourth-order valence-electron chi connectivity index (χ4n) is 3.55. The number of ether oxygens (including phenoxy) is 2. The van der Waals surface area contributed by atoms with Crippen LogP contribution in [-0.4, -0.2) is 44.7 Å². The van der Waals surface area contributed by atoms with Crippen molar-refractivity contribution in [3.8, 4) is 11.5 Å². The number of hydrogen-bond acceptors (Lipinski definition) is 6. The van der Waals surface area contributed by atoms with Gasteiger partial charge in [-0.1, -0.05) is 50.3 Å². The van der Waals surface area contributed by atoms with Gasteiger partial charge in [-0.25, -0.2) is 0 Å². The third-order valence-corrected chi connectivity index (χ3v) is 8.16. The first-order valence-corrected chi connectivity index (χ1v) is 14.5. The molecule has 0 unspecified atom stereocenters. The summed E-state index contributed by atoms with van der Waals surface area (Å²) >= 11 is 6.88. The molecular weight excluding hydrogens is 520 g/mol. The second-order valence-corrected chi connectivity index (χ2v) is 11.2. The van der Waals surface area contributed by atoms with Crippen LogP contribution < -0.4 is 9.47 Å². The van der Waals surface area contributed by atoms with Crippen molar-refractivity contribution in [2.45, 2.75) is 50.8 Å². The average Bonchev–Trinajstić information content (AvgIpc) is 3.14. The summed E-state index contributed by atoms with van der Waals surface area (Å²) < 4.78 is 40.9. The van der Waals surface area contributed by atoms with Gasteiger partial charge in [0.2, 0.25) is 0 Å². The lowest BCUT2D eigenvalue weighted by molar-refractivity contribution is -0.122.